The Morgan fingerprint density at radius 2 is 1.85 bits per heavy atom. The van der Waals surface area contributed by atoms with Crippen LogP contribution in [0, 0.1) is 17.8 Å². The number of carbonyl (C=O) groups excluding carboxylic acids is 1. The smallest absolute Gasteiger partial charge is 0.306 e. The Morgan fingerprint density at radius 1 is 1.12 bits per heavy atom. The fourth-order valence-electron chi connectivity index (χ4n) is 8.15. The molecule has 3 bridgehead atoms. The van der Waals surface area contributed by atoms with Crippen LogP contribution < -0.4 is 0 Å². The fourth-order valence-corrected chi connectivity index (χ4v) is 8.15. The molecule has 3 fully saturated rings. The van der Waals surface area contributed by atoms with Gasteiger partial charge in [0.2, 0.25) is 0 Å². The van der Waals surface area contributed by atoms with Gasteiger partial charge in [-0.05, 0) is 55.7 Å². The summed E-state index contributed by atoms with van der Waals surface area (Å²) in [5.74, 6) is -2.76. The summed E-state index contributed by atoms with van der Waals surface area (Å²) in [6, 6.07) is 0. The van der Waals surface area contributed by atoms with E-state index in [-0.39, 0.29) is 30.6 Å². The zero-order valence-corrected chi connectivity index (χ0v) is 24.8. The van der Waals surface area contributed by atoms with Gasteiger partial charge in [0.1, 0.15) is 17.3 Å². The number of aliphatic hydroxyl groups excluding tert-OH is 1. The van der Waals surface area contributed by atoms with Crippen molar-refractivity contribution in [1.82, 2.24) is 0 Å². The predicted octanol–water partition coefficient (Wildman–Crippen LogP) is 6.25. The van der Waals surface area contributed by atoms with Gasteiger partial charge < -0.3 is 24.4 Å². The number of ketones is 1. The average Bonchev–Trinajstić information content (AvgIpc) is 3.23. The van der Waals surface area contributed by atoms with E-state index in [1.165, 1.54) is 44.9 Å². The van der Waals surface area contributed by atoms with Crippen LogP contribution in [0.2, 0.25) is 0 Å². The molecule has 8 unspecified atom stereocenters. The Labute approximate surface area is 239 Å². The molecule has 8 atom stereocenters. The molecular formula is C34H48O6. The van der Waals surface area contributed by atoms with Gasteiger partial charge in [-0.25, -0.2) is 0 Å². The first kappa shape index (κ1) is 29.7. The predicted molar refractivity (Wildman–Crippen MR) is 155 cm³/mol. The molecule has 6 nitrogen and oxygen atoms in total. The minimum Gasteiger partial charge on any atom is -0.392 e. The van der Waals surface area contributed by atoms with Crippen molar-refractivity contribution < 1.29 is 29.2 Å². The van der Waals surface area contributed by atoms with Crippen molar-refractivity contribution in [3.63, 3.8) is 0 Å². The first-order chi connectivity index (χ1) is 19.1. The lowest BCUT2D eigenvalue weighted by atomic mass is 9.55. The van der Waals surface area contributed by atoms with Crippen LogP contribution in [-0.2, 0) is 19.0 Å². The molecule has 220 valence electrons. The van der Waals surface area contributed by atoms with Gasteiger partial charge in [-0.15, -0.1) is 0 Å². The topological polar surface area (TPSA) is 85.2 Å². The van der Waals surface area contributed by atoms with E-state index in [9.17, 15) is 15.0 Å². The Balaban J connectivity index is 1.43. The van der Waals surface area contributed by atoms with E-state index >= 15 is 0 Å². The molecule has 0 aromatic carbocycles. The molecule has 2 N–H and O–H groups in total. The van der Waals surface area contributed by atoms with Crippen molar-refractivity contribution in [2.24, 2.45) is 17.8 Å². The quantitative estimate of drug-likeness (QED) is 0.169. The van der Waals surface area contributed by atoms with Crippen molar-refractivity contribution in [1.29, 1.82) is 0 Å². The number of hydrogen-bond donors (Lipinski definition) is 2. The third-order valence-corrected chi connectivity index (χ3v) is 10.1. The number of unbranched alkanes of at least 4 members (excludes halogenated alkanes) is 7. The number of Topliss-reactive ketones (excluding diaryl/α,β-unsaturated/α-hetero) is 1. The zero-order chi connectivity index (χ0) is 28.8. The van der Waals surface area contributed by atoms with Gasteiger partial charge in [0.05, 0.1) is 12.2 Å². The van der Waals surface area contributed by atoms with Gasteiger partial charge in [0.15, 0.2) is 5.78 Å². The molecule has 3 aliphatic carbocycles. The van der Waals surface area contributed by atoms with Gasteiger partial charge in [-0.2, -0.15) is 0 Å². The maximum absolute atomic E-state index is 13.4. The molecule has 2 heterocycles. The number of hydrogen-bond acceptors (Lipinski definition) is 6. The molecule has 5 aliphatic rings. The van der Waals surface area contributed by atoms with Gasteiger partial charge >= 0.3 is 5.97 Å². The molecule has 0 amide bonds. The normalized spacial score (nSPS) is 41.8. The molecule has 2 aliphatic heterocycles. The summed E-state index contributed by atoms with van der Waals surface area (Å²) in [5.41, 5.74) is -1.40. The number of rotatable bonds is 12. The van der Waals surface area contributed by atoms with Crippen LogP contribution in [0.3, 0.4) is 0 Å². The van der Waals surface area contributed by atoms with E-state index in [0.717, 1.165) is 12.0 Å². The fraction of sp³-hybridized carbons (Fsp3) is 0.676. The van der Waals surface area contributed by atoms with Gasteiger partial charge in [-0.3, -0.25) is 4.79 Å². The summed E-state index contributed by atoms with van der Waals surface area (Å²) in [7, 11) is 0. The first-order valence-electron chi connectivity index (χ1n) is 15.4. The monoisotopic (exact) mass is 552 g/mol. The first-order valence-corrected chi connectivity index (χ1v) is 15.4. The second-order valence-electron chi connectivity index (χ2n) is 12.9. The maximum atomic E-state index is 13.4. The van der Waals surface area contributed by atoms with Crippen LogP contribution >= 0.6 is 0 Å². The van der Waals surface area contributed by atoms with Crippen molar-refractivity contribution in [2.75, 3.05) is 6.61 Å². The third-order valence-electron chi connectivity index (χ3n) is 10.1. The average molecular weight is 553 g/mol. The largest absolute Gasteiger partial charge is 0.392 e. The standard InChI is InChI=1S/C34H48O6/c1-6-7-8-9-10-11-12-13-14-15-16-17-33-38-30-27-19-26(22-35)21-31(37)28(18-24(4)29(31)36)34(27,40-33)25(5)20-32(30,39-33)23(2)3/h14-19,25,27-28,30,35,37H,2,6-13,20-22H2,1,3-5H3. The highest BCUT2D eigenvalue weighted by atomic mass is 16.9. The SMILES string of the molecule is C=C(C)C12CC(C)C34OC(C=CC=CCCCCCCCCC)(OC1C3C=C(CO)CC1(O)C(=O)C(C)=CC14)O2. The second kappa shape index (κ2) is 11.1. The molecule has 0 radical (unpaired) electrons. The summed E-state index contributed by atoms with van der Waals surface area (Å²) >= 11 is 0. The lowest BCUT2D eigenvalue weighted by Crippen LogP contribution is -2.70. The minimum absolute atomic E-state index is 0.0764. The summed E-state index contributed by atoms with van der Waals surface area (Å²) in [4.78, 5) is 13.4. The zero-order valence-electron chi connectivity index (χ0n) is 24.8. The van der Waals surface area contributed by atoms with Crippen LogP contribution in [0.15, 0.2) is 59.8 Å². The summed E-state index contributed by atoms with van der Waals surface area (Å²) in [6.45, 7) is 12.1. The van der Waals surface area contributed by atoms with Crippen LogP contribution in [0.5, 0.6) is 0 Å². The Bertz CT molecular complexity index is 1130. The van der Waals surface area contributed by atoms with E-state index in [4.69, 9.17) is 14.2 Å². The van der Waals surface area contributed by atoms with Crippen LogP contribution in [0.4, 0.5) is 0 Å². The van der Waals surface area contributed by atoms with E-state index in [2.05, 4.69) is 26.5 Å². The number of fused-ring (bicyclic) bond motifs is 2. The van der Waals surface area contributed by atoms with Crippen molar-refractivity contribution in [3.8, 4) is 0 Å². The Kier molecular flexibility index (Phi) is 8.23. The highest BCUT2D eigenvalue weighted by molar-refractivity contribution is 6.04. The molecule has 0 aromatic rings. The lowest BCUT2D eigenvalue weighted by molar-refractivity contribution is -0.398. The van der Waals surface area contributed by atoms with Gasteiger partial charge in [0, 0.05) is 24.3 Å². The summed E-state index contributed by atoms with van der Waals surface area (Å²) in [5, 5.41) is 22.2. The summed E-state index contributed by atoms with van der Waals surface area (Å²) in [6.07, 6.45) is 22.1. The molecular weight excluding hydrogens is 504 g/mol. The molecule has 6 heteroatoms. The highest BCUT2D eigenvalue weighted by Gasteiger charge is 2.78. The second-order valence-corrected chi connectivity index (χ2v) is 12.9. The number of allylic oxidation sites excluding steroid dienone is 3. The highest BCUT2D eigenvalue weighted by Crippen LogP contribution is 2.68. The van der Waals surface area contributed by atoms with E-state index in [1.807, 2.05) is 37.3 Å². The number of aliphatic hydroxyl groups is 2. The van der Waals surface area contributed by atoms with Crippen LogP contribution in [0.1, 0.15) is 91.9 Å². The van der Waals surface area contributed by atoms with E-state index in [1.54, 1.807) is 6.92 Å². The third kappa shape index (κ3) is 4.55. The molecule has 5 rings (SSSR count). The van der Waals surface area contributed by atoms with E-state index < -0.39 is 34.8 Å². The minimum atomic E-state index is -1.68. The molecule has 2 saturated heterocycles. The molecule has 0 aromatic heterocycles. The number of ether oxygens (including phenoxy) is 3. The molecule has 40 heavy (non-hydrogen) atoms. The van der Waals surface area contributed by atoms with Crippen molar-refractivity contribution in [3.05, 3.63) is 59.8 Å². The molecule has 0 spiro atoms. The number of carbonyl (C=O) groups is 1. The van der Waals surface area contributed by atoms with Crippen LogP contribution in [-0.4, -0.2) is 51.5 Å². The lowest BCUT2D eigenvalue weighted by Gasteiger charge is -2.58. The van der Waals surface area contributed by atoms with Crippen molar-refractivity contribution in [2.45, 2.75) is 121 Å². The Morgan fingerprint density at radius 3 is 2.55 bits per heavy atom. The van der Waals surface area contributed by atoms with Crippen molar-refractivity contribution >= 4 is 5.78 Å². The molecule has 1 saturated carbocycles. The summed E-state index contributed by atoms with van der Waals surface area (Å²) < 4.78 is 20.4. The maximum Gasteiger partial charge on any atom is 0.306 e. The van der Waals surface area contributed by atoms with Crippen LogP contribution in [0.25, 0.3) is 0 Å². The Hall–Kier alpha value is -1.83. The van der Waals surface area contributed by atoms with Gasteiger partial charge in [-0.1, -0.05) is 89.3 Å². The van der Waals surface area contributed by atoms with Gasteiger partial charge in [0.25, 0.3) is 0 Å². The van der Waals surface area contributed by atoms with E-state index in [0.29, 0.717) is 17.6 Å².